The second kappa shape index (κ2) is 7.20. The lowest BCUT2D eigenvalue weighted by Gasteiger charge is -2.48. The summed E-state index contributed by atoms with van der Waals surface area (Å²) in [6.07, 6.45) is 4.50. The molecule has 3 heterocycles. The predicted octanol–water partition coefficient (Wildman–Crippen LogP) is 1.34. The van der Waals surface area contributed by atoms with E-state index in [4.69, 9.17) is 4.74 Å². The minimum Gasteiger partial charge on any atom is -0.378 e. The van der Waals surface area contributed by atoms with E-state index in [0.717, 1.165) is 38.5 Å². The van der Waals surface area contributed by atoms with Crippen LogP contribution < -0.4 is 0 Å². The molecular formula is C17H25N3O2. The Labute approximate surface area is 132 Å². The van der Waals surface area contributed by atoms with Crippen molar-refractivity contribution in [2.24, 2.45) is 0 Å². The van der Waals surface area contributed by atoms with Crippen LogP contribution in [0.3, 0.4) is 0 Å². The van der Waals surface area contributed by atoms with Crippen molar-refractivity contribution in [2.45, 2.75) is 38.3 Å². The van der Waals surface area contributed by atoms with Gasteiger partial charge in [-0.05, 0) is 18.6 Å². The number of amides is 1. The number of ether oxygens (including phenoxy) is 1. The number of piperazine rings is 1. The summed E-state index contributed by atoms with van der Waals surface area (Å²) in [6.45, 7) is 6.37. The lowest BCUT2D eigenvalue weighted by atomic mass is 10.0. The molecule has 1 aromatic heterocycles. The number of rotatable bonds is 4. The molecule has 22 heavy (non-hydrogen) atoms. The Balaban J connectivity index is 1.58. The van der Waals surface area contributed by atoms with Crippen LogP contribution in [0.15, 0.2) is 24.4 Å². The fourth-order valence-electron chi connectivity index (χ4n) is 3.51. The van der Waals surface area contributed by atoms with Gasteiger partial charge in [-0.15, -0.1) is 0 Å². The highest BCUT2D eigenvalue weighted by Crippen LogP contribution is 2.21. The van der Waals surface area contributed by atoms with Gasteiger partial charge in [-0.1, -0.05) is 19.4 Å². The van der Waals surface area contributed by atoms with Crippen LogP contribution in [-0.2, 0) is 16.0 Å². The SMILES string of the molecule is CCC[C@H]1COC[C@H]2CN(C(=O)Cc3ccccn3)CCN12. The van der Waals surface area contributed by atoms with Gasteiger partial charge in [0.1, 0.15) is 0 Å². The van der Waals surface area contributed by atoms with Crippen molar-refractivity contribution in [1.29, 1.82) is 0 Å². The van der Waals surface area contributed by atoms with E-state index in [1.807, 2.05) is 23.1 Å². The van der Waals surface area contributed by atoms with Crippen molar-refractivity contribution in [3.8, 4) is 0 Å². The first-order valence-electron chi connectivity index (χ1n) is 8.29. The third kappa shape index (κ3) is 3.47. The number of pyridine rings is 1. The van der Waals surface area contributed by atoms with E-state index in [1.165, 1.54) is 12.8 Å². The molecule has 0 aliphatic carbocycles. The van der Waals surface area contributed by atoms with Gasteiger partial charge in [-0.25, -0.2) is 0 Å². The van der Waals surface area contributed by atoms with Gasteiger partial charge in [0, 0.05) is 37.6 Å². The first-order chi connectivity index (χ1) is 10.8. The van der Waals surface area contributed by atoms with Crippen molar-refractivity contribution in [3.05, 3.63) is 30.1 Å². The number of carbonyl (C=O) groups is 1. The van der Waals surface area contributed by atoms with E-state index in [9.17, 15) is 4.79 Å². The number of aromatic nitrogens is 1. The quantitative estimate of drug-likeness (QED) is 0.842. The second-order valence-corrected chi connectivity index (χ2v) is 6.21. The van der Waals surface area contributed by atoms with Gasteiger partial charge in [0.25, 0.3) is 0 Å². The zero-order valence-electron chi connectivity index (χ0n) is 13.3. The molecule has 0 spiro atoms. The maximum atomic E-state index is 12.5. The van der Waals surface area contributed by atoms with E-state index in [2.05, 4.69) is 16.8 Å². The first-order valence-corrected chi connectivity index (χ1v) is 8.29. The van der Waals surface area contributed by atoms with Gasteiger partial charge in [-0.3, -0.25) is 14.7 Å². The monoisotopic (exact) mass is 303 g/mol. The molecule has 1 amide bonds. The van der Waals surface area contributed by atoms with E-state index >= 15 is 0 Å². The molecule has 0 aromatic carbocycles. The Morgan fingerprint density at radius 3 is 3.05 bits per heavy atom. The van der Waals surface area contributed by atoms with Gasteiger partial charge < -0.3 is 9.64 Å². The summed E-state index contributed by atoms with van der Waals surface area (Å²) in [5.41, 5.74) is 0.846. The van der Waals surface area contributed by atoms with Gasteiger partial charge in [0.15, 0.2) is 0 Å². The number of nitrogens with zero attached hydrogens (tertiary/aromatic N) is 3. The zero-order valence-corrected chi connectivity index (χ0v) is 13.3. The molecule has 0 saturated carbocycles. The Morgan fingerprint density at radius 2 is 2.27 bits per heavy atom. The molecule has 1 aromatic rings. The highest BCUT2D eigenvalue weighted by molar-refractivity contribution is 5.78. The smallest absolute Gasteiger partial charge is 0.228 e. The Morgan fingerprint density at radius 1 is 1.36 bits per heavy atom. The number of hydrogen-bond donors (Lipinski definition) is 0. The summed E-state index contributed by atoms with van der Waals surface area (Å²) in [4.78, 5) is 21.3. The third-order valence-corrected chi connectivity index (χ3v) is 4.65. The van der Waals surface area contributed by atoms with Crippen LogP contribution in [-0.4, -0.2) is 65.6 Å². The maximum absolute atomic E-state index is 12.5. The first kappa shape index (κ1) is 15.4. The summed E-state index contributed by atoms with van der Waals surface area (Å²) in [5.74, 6) is 0.177. The van der Waals surface area contributed by atoms with Gasteiger partial charge in [0.05, 0.1) is 25.7 Å². The van der Waals surface area contributed by atoms with Crippen LogP contribution in [0.5, 0.6) is 0 Å². The fourth-order valence-corrected chi connectivity index (χ4v) is 3.51. The summed E-state index contributed by atoms with van der Waals surface area (Å²) < 4.78 is 5.76. The van der Waals surface area contributed by atoms with E-state index < -0.39 is 0 Å². The molecular weight excluding hydrogens is 278 g/mol. The van der Waals surface area contributed by atoms with Crippen molar-refractivity contribution >= 4 is 5.91 Å². The van der Waals surface area contributed by atoms with Gasteiger partial charge in [-0.2, -0.15) is 0 Å². The number of hydrogen-bond acceptors (Lipinski definition) is 4. The molecule has 2 atom stereocenters. The Bertz CT molecular complexity index is 492. The molecule has 5 nitrogen and oxygen atoms in total. The molecule has 5 heteroatoms. The highest BCUT2D eigenvalue weighted by atomic mass is 16.5. The number of morpholine rings is 1. The largest absolute Gasteiger partial charge is 0.378 e. The second-order valence-electron chi connectivity index (χ2n) is 6.21. The van der Waals surface area contributed by atoms with E-state index in [0.29, 0.717) is 18.5 Å². The minimum atomic E-state index is 0.177. The normalized spacial score (nSPS) is 25.8. The molecule has 120 valence electrons. The van der Waals surface area contributed by atoms with Crippen LogP contribution in [0, 0.1) is 0 Å². The number of fused-ring (bicyclic) bond motifs is 1. The van der Waals surface area contributed by atoms with Crippen LogP contribution in [0.2, 0.25) is 0 Å². The molecule has 0 N–H and O–H groups in total. The van der Waals surface area contributed by atoms with Crippen LogP contribution in [0.25, 0.3) is 0 Å². The number of carbonyl (C=O) groups excluding carboxylic acids is 1. The summed E-state index contributed by atoms with van der Waals surface area (Å²) in [7, 11) is 0. The average Bonchev–Trinajstić information content (AvgIpc) is 2.56. The van der Waals surface area contributed by atoms with Crippen molar-refractivity contribution in [2.75, 3.05) is 32.8 Å². The van der Waals surface area contributed by atoms with Crippen LogP contribution in [0.1, 0.15) is 25.5 Å². The van der Waals surface area contributed by atoms with Crippen molar-refractivity contribution in [3.63, 3.8) is 0 Å². The van der Waals surface area contributed by atoms with E-state index in [-0.39, 0.29) is 5.91 Å². The summed E-state index contributed by atoms with van der Waals surface area (Å²) >= 11 is 0. The Hall–Kier alpha value is -1.46. The fraction of sp³-hybridized carbons (Fsp3) is 0.647. The lowest BCUT2D eigenvalue weighted by Crippen LogP contribution is -2.62. The molecule has 2 fully saturated rings. The minimum absolute atomic E-state index is 0.177. The molecule has 0 unspecified atom stereocenters. The van der Waals surface area contributed by atoms with Crippen LogP contribution in [0.4, 0.5) is 0 Å². The van der Waals surface area contributed by atoms with Crippen molar-refractivity contribution < 1.29 is 9.53 Å². The summed E-state index contributed by atoms with van der Waals surface area (Å²) in [6, 6.07) is 6.59. The van der Waals surface area contributed by atoms with Gasteiger partial charge in [0.2, 0.25) is 5.91 Å². The molecule has 2 aliphatic heterocycles. The zero-order chi connectivity index (χ0) is 15.4. The van der Waals surface area contributed by atoms with E-state index in [1.54, 1.807) is 6.20 Å². The molecule has 2 aliphatic rings. The molecule has 3 rings (SSSR count). The Kier molecular flexibility index (Phi) is 5.05. The average molecular weight is 303 g/mol. The summed E-state index contributed by atoms with van der Waals surface area (Å²) in [5, 5.41) is 0. The standard InChI is InChI=1S/C17H25N3O2/c1-2-5-15-12-22-13-16-11-19(8-9-20(15)16)17(21)10-14-6-3-4-7-18-14/h3-4,6-7,15-16H,2,5,8-13H2,1H3/t15-,16+/m0/s1. The topological polar surface area (TPSA) is 45.7 Å². The molecule has 0 radical (unpaired) electrons. The maximum Gasteiger partial charge on any atom is 0.228 e. The highest BCUT2D eigenvalue weighted by Gasteiger charge is 2.36. The van der Waals surface area contributed by atoms with Gasteiger partial charge >= 0.3 is 0 Å². The third-order valence-electron chi connectivity index (χ3n) is 4.65. The lowest BCUT2D eigenvalue weighted by molar-refractivity contribution is -0.139. The molecule has 0 bridgehead atoms. The van der Waals surface area contributed by atoms with Crippen LogP contribution >= 0.6 is 0 Å². The van der Waals surface area contributed by atoms with Crippen molar-refractivity contribution in [1.82, 2.24) is 14.8 Å². The molecule has 2 saturated heterocycles. The predicted molar refractivity (Wildman–Crippen MR) is 84.5 cm³/mol.